The molecule has 0 spiro atoms. The van der Waals surface area contributed by atoms with Gasteiger partial charge >= 0.3 is 0 Å². The average molecular weight is 342 g/mol. The van der Waals surface area contributed by atoms with Crippen LogP contribution in [-0.4, -0.2) is 27.8 Å². The highest BCUT2D eigenvalue weighted by atomic mass is 32.1. The number of hydrogen-bond donors (Lipinski definition) is 1. The van der Waals surface area contributed by atoms with E-state index in [1.165, 1.54) is 11.3 Å². The van der Waals surface area contributed by atoms with Crippen LogP contribution in [0.15, 0.2) is 30.5 Å². The molecule has 0 aliphatic rings. The topological polar surface area (TPSA) is 69.0 Å². The summed E-state index contributed by atoms with van der Waals surface area (Å²) in [5.74, 6) is 0.592. The van der Waals surface area contributed by atoms with Crippen molar-refractivity contribution >= 4 is 22.4 Å². The van der Waals surface area contributed by atoms with Crippen LogP contribution in [0.4, 0.5) is 5.13 Å². The molecule has 0 fully saturated rings. The van der Waals surface area contributed by atoms with Crippen molar-refractivity contribution in [3.8, 4) is 17.0 Å². The smallest absolute Gasteiger partial charge is 0.275 e. The van der Waals surface area contributed by atoms with Crippen molar-refractivity contribution in [2.24, 2.45) is 7.05 Å². The summed E-state index contributed by atoms with van der Waals surface area (Å²) >= 11 is 1.45. The average Bonchev–Trinajstić information content (AvgIpc) is 3.09. The van der Waals surface area contributed by atoms with Gasteiger partial charge < -0.3 is 4.74 Å². The standard InChI is InChI=1S/C17H18N4O2S/c1-10-9-18-21(3)15(10)16(22)20-17-19-14(11(2)24-17)12-5-7-13(23-4)8-6-12/h5-9H,1-4H3,(H,19,20,22). The first-order valence-corrected chi connectivity index (χ1v) is 8.23. The van der Waals surface area contributed by atoms with Crippen LogP contribution in [0.25, 0.3) is 11.3 Å². The number of benzene rings is 1. The molecule has 7 heteroatoms. The molecule has 0 unspecified atom stereocenters. The van der Waals surface area contributed by atoms with E-state index < -0.39 is 0 Å². The third-order valence-electron chi connectivity index (χ3n) is 3.72. The van der Waals surface area contributed by atoms with Gasteiger partial charge in [0.2, 0.25) is 0 Å². The number of nitrogens with one attached hydrogen (secondary N) is 1. The Balaban J connectivity index is 1.84. The van der Waals surface area contributed by atoms with Crippen molar-refractivity contribution in [1.29, 1.82) is 0 Å². The van der Waals surface area contributed by atoms with E-state index in [0.29, 0.717) is 10.8 Å². The van der Waals surface area contributed by atoms with Gasteiger partial charge in [0.15, 0.2) is 5.13 Å². The molecule has 1 amide bonds. The van der Waals surface area contributed by atoms with Crippen molar-refractivity contribution in [3.05, 3.63) is 46.6 Å². The fraction of sp³-hybridized carbons (Fsp3) is 0.235. The number of anilines is 1. The number of carbonyl (C=O) groups is 1. The Hall–Kier alpha value is -2.67. The van der Waals surface area contributed by atoms with E-state index in [9.17, 15) is 4.79 Å². The molecule has 0 atom stereocenters. The maximum Gasteiger partial charge on any atom is 0.275 e. The summed E-state index contributed by atoms with van der Waals surface area (Å²) in [7, 11) is 3.38. The number of methoxy groups -OCH3 is 1. The SMILES string of the molecule is COc1ccc(-c2nc(NC(=O)c3c(C)cnn3C)sc2C)cc1. The Morgan fingerprint density at radius 1 is 1.25 bits per heavy atom. The number of aryl methyl sites for hydroxylation is 3. The molecule has 1 aromatic carbocycles. The van der Waals surface area contributed by atoms with Crippen LogP contribution in [0.2, 0.25) is 0 Å². The molecule has 0 bridgehead atoms. The molecule has 24 heavy (non-hydrogen) atoms. The highest BCUT2D eigenvalue weighted by Crippen LogP contribution is 2.31. The van der Waals surface area contributed by atoms with E-state index in [0.717, 1.165) is 27.4 Å². The fourth-order valence-electron chi connectivity index (χ4n) is 2.50. The molecule has 6 nitrogen and oxygen atoms in total. The van der Waals surface area contributed by atoms with Crippen molar-refractivity contribution < 1.29 is 9.53 Å². The second-order valence-electron chi connectivity index (χ2n) is 5.41. The lowest BCUT2D eigenvalue weighted by Gasteiger charge is -2.03. The molecule has 2 heterocycles. The largest absolute Gasteiger partial charge is 0.497 e. The van der Waals surface area contributed by atoms with Crippen LogP contribution in [0, 0.1) is 13.8 Å². The number of thiazole rings is 1. The maximum atomic E-state index is 12.4. The second kappa shape index (κ2) is 6.45. The summed E-state index contributed by atoms with van der Waals surface area (Å²) in [4.78, 5) is 18.0. The predicted molar refractivity (Wildman–Crippen MR) is 94.7 cm³/mol. The predicted octanol–water partition coefficient (Wildman–Crippen LogP) is 3.42. The molecule has 3 aromatic rings. The fourth-order valence-corrected chi connectivity index (χ4v) is 3.33. The first-order valence-electron chi connectivity index (χ1n) is 7.41. The first kappa shape index (κ1) is 16.2. The van der Waals surface area contributed by atoms with Gasteiger partial charge in [-0.3, -0.25) is 14.8 Å². The van der Waals surface area contributed by atoms with Crippen molar-refractivity contribution in [2.45, 2.75) is 13.8 Å². The van der Waals surface area contributed by atoms with Gasteiger partial charge in [-0.15, -0.1) is 11.3 Å². The van der Waals surface area contributed by atoms with E-state index in [2.05, 4.69) is 15.4 Å². The minimum Gasteiger partial charge on any atom is -0.497 e. The van der Waals surface area contributed by atoms with Crippen LogP contribution in [-0.2, 0) is 7.05 Å². The Bertz CT molecular complexity index is 861. The quantitative estimate of drug-likeness (QED) is 0.789. The Kier molecular flexibility index (Phi) is 4.35. The van der Waals surface area contributed by atoms with Crippen molar-refractivity contribution in [1.82, 2.24) is 14.8 Å². The van der Waals surface area contributed by atoms with Gasteiger partial charge in [0.1, 0.15) is 11.4 Å². The number of nitrogens with zero attached hydrogens (tertiary/aromatic N) is 3. The number of amides is 1. The highest BCUT2D eigenvalue weighted by Gasteiger charge is 2.17. The monoisotopic (exact) mass is 342 g/mol. The van der Waals surface area contributed by atoms with Gasteiger partial charge in [-0.2, -0.15) is 5.10 Å². The van der Waals surface area contributed by atoms with Gasteiger partial charge in [0.05, 0.1) is 19.0 Å². The lowest BCUT2D eigenvalue weighted by Crippen LogP contribution is -2.17. The van der Waals surface area contributed by atoms with Crippen LogP contribution >= 0.6 is 11.3 Å². The summed E-state index contributed by atoms with van der Waals surface area (Å²) in [6.07, 6.45) is 1.67. The van der Waals surface area contributed by atoms with Gasteiger partial charge in [-0.1, -0.05) is 0 Å². The zero-order chi connectivity index (χ0) is 17.3. The van der Waals surface area contributed by atoms with E-state index in [1.54, 1.807) is 25.0 Å². The van der Waals surface area contributed by atoms with Crippen LogP contribution < -0.4 is 10.1 Å². The van der Waals surface area contributed by atoms with E-state index in [1.807, 2.05) is 38.1 Å². The number of ether oxygens (including phenoxy) is 1. The molecular weight excluding hydrogens is 324 g/mol. The minimum atomic E-state index is -0.206. The molecule has 124 valence electrons. The van der Waals surface area contributed by atoms with Crippen LogP contribution in [0.1, 0.15) is 20.9 Å². The summed E-state index contributed by atoms with van der Waals surface area (Å²) < 4.78 is 6.74. The van der Waals surface area contributed by atoms with E-state index >= 15 is 0 Å². The van der Waals surface area contributed by atoms with Gasteiger partial charge in [0, 0.05) is 17.5 Å². The van der Waals surface area contributed by atoms with E-state index in [-0.39, 0.29) is 5.91 Å². The Morgan fingerprint density at radius 3 is 2.54 bits per heavy atom. The zero-order valence-electron chi connectivity index (χ0n) is 14.0. The summed E-state index contributed by atoms with van der Waals surface area (Å²) in [6.45, 7) is 3.85. The van der Waals surface area contributed by atoms with Gasteiger partial charge in [-0.25, -0.2) is 4.98 Å². The molecule has 0 radical (unpaired) electrons. The molecule has 0 saturated heterocycles. The second-order valence-corrected chi connectivity index (χ2v) is 6.61. The molecule has 0 saturated carbocycles. The molecule has 0 aliphatic carbocycles. The van der Waals surface area contributed by atoms with E-state index in [4.69, 9.17) is 4.74 Å². The lowest BCUT2D eigenvalue weighted by molar-refractivity contribution is 0.101. The first-order chi connectivity index (χ1) is 11.5. The maximum absolute atomic E-state index is 12.4. The number of rotatable bonds is 4. The van der Waals surface area contributed by atoms with Crippen LogP contribution in [0.5, 0.6) is 5.75 Å². The summed E-state index contributed by atoms with van der Waals surface area (Å²) in [6, 6.07) is 7.70. The van der Waals surface area contributed by atoms with Crippen molar-refractivity contribution in [2.75, 3.05) is 12.4 Å². The van der Waals surface area contributed by atoms with Crippen LogP contribution in [0.3, 0.4) is 0 Å². The third-order valence-corrected chi connectivity index (χ3v) is 4.60. The molecule has 2 aromatic heterocycles. The normalized spacial score (nSPS) is 10.7. The molecular formula is C17H18N4O2S. The summed E-state index contributed by atoms with van der Waals surface area (Å²) in [5.41, 5.74) is 3.22. The minimum absolute atomic E-state index is 0.206. The molecule has 3 rings (SSSR count). The highest BCUT2D eigenvalue weighted by molar-refractivity contribution is 7.16. The number of hydrogen-bond acceptors (Lipinski definition) is 5. The van der Waals surface area contributed by atoms with Gasteiger partial charge in [0.25, 0.3) is 5.91 Å². The third kappa shape index (κ3) is 3.03. The van der Waals surface area contributed by atoms with Gasteiger partial charge in [-0.05, 0) is 43.7 Å². The van der Waals surface area contributed by atoms with Crippen molar-refractivity contribution in [3.63, 3.8) is 0 Å². The Morgan fingerprint density at radius 2 is 1.96 bits per heavy atom. The molecule has 0 aliphatic heterocycles. The number of carbonyl (C=O) groups excluding carboxylic acids is 1. The summed E-state index contributed by atoms with van der Waals surface area (Å²) in [5, 5.41) is 7.53. The zero-order valence-corrected chi connectivity index (χ0v) is 14.8. The molecule has 1 N–H and O–H groups in total. The Labute approximate surface area is 144 Å². The number of aromatic nitrogens is 3. The lowest BCUT2D eigenvalue weighted by atomic mass is 10.1.